The number of aromatic carboxylic acids is 1. The fourth-order valence-corrected chi connectivity index (χ4v) is 1.83. The minimum absolute atomic E-state index is 0.188. The van der Waals surface area contributed by atoms with Gasteiger partial charge in [-0.25, -0.2) is 4.79 Å². The van der Waals surface area contributed by atoms with Gasteiger partial charge in [0.1, 0.15) is 0 Å². The molecule has 0 atom stereocenters. The molecule has 0 radical (unpaired) electrons. The van der Waals surface area contributed by atoms with Crippen LogP contribution in [0.25, 0.3) is 22.8 Å². The van der Waals surface area contributed by atoms with Crippen molar-refractivity contribution in [3.8, 4) is 22.8 Å². The third-order valence-electron chi connectivity index (χ3n) is 2.81. The third kappa shape index (κ3) is 3.38. The van der Waals surface area contributed by atoms with E-state index in [0.717, 1.165) is 5.56 Å². The molecule has 0 bridgehead atoms. The van der Waals surface area contributed by atoms with Crippen molar-refractivity contribution in [2.75, 3.05) is 0 Å². The Morgan fingerprint density at radius 2 is 1.68 bits per heavy atom. The smallest absolute Gasteiger partial charge is 0.335 e. The standard InChI is InChI=1S/C15H10N2O3.C2H6/c18-15(19)12-8-4-7-11(9-12)13-16-14(20-17-13)10-5-2-1-3-6-10;1-2/h1-9H,(H,18,19);1-2H3. The van der Waals surface area contributed by atoms with Gasteiger partial charge in [-0.3, -0.25) is 0 Å². The minimum Gasteiger partial charge on any atom is -0.478 e. The maximum atomic E-state index is 10.9. The highest BCUT2D eigenvalue weighted by Crippen LogP contribution is 2.22. The molecule has 0 saturated carbocycles. The molecule has 0 aliphatic heterocycles. The largest absolute Gasteiger partial charge is 0.478 e. The van der Waals surface area contributed by atoms with Crippen molar-refractivity contribution in [2.24, 2.45) is 0 Å². The van der Waals surface area contributed by atoms with Gasteiger partial charge in [0.15, 0.2) is 0 Å². The molecule has 1 heterocycles. The molecule has 0 amide bonds. The van der Waals surface area contributed by atoms with E-state index in [-0.39, 0.29) is 5.56 Å². The second kappa shape index (κ2) is 7.17. The van der Waals surface area contributed by atoms with Gasteiger partial charge < -0.3 is 9.63 Å². The molecule has 0 spiro atoms. The van der Waals surface area contributed by atoms with E-state index in [1.54, 1.807) is 12.1 Å². The van der Waals surface area contributed by atoms with Crippen LogP contribution in [0.1, 0.15) is 24.2 Å². The van der Waals surface area contributed by atoms with Crippen molar-refractivity contribution in [3.63, 3.8) is 0 Å². The van der Waals surface area contributed by atoms with E-state index in [2.05, 4.69) is 10.1 Å². The number of hydrogen-bond acceptors (Lipinski definition) is 4. The lowest BCUT2D eigenvalue weighted by molar-refractivity contribution is 0.0697. The Balaban J connectivity index is 0.000000847. The van der Waals surface area contributed by atoms with Crippen LogP contribution in [-0.2, 0) is 0 Å². The lowest BCUT2D eigenvalue weighted by atomic mass is 10.1. The van der Waals surface area contributed by atoms with Crippen molar-refractivity contribution in [1.82, 2.24) is 10.1 Å². The Morgan fingerprint density at radius 1 is 1.00 bits per heavy atom. The van der Waals surface area contributed by atoms with E-state index in [0.29, 0.717) is 17.3 Å². The van der Waals surface area contributed by atoms with E-state index in [9.17, 15) is 4.79 Å². The Kier molecular flexibility index (Phi) is 5.03. The van der Waals surface area contributed by atoms with E-state index in [1.807, 2.05) is 44.2 Å². The van der Waals surface area contributed by atoms with Gasteiger partial charge in [-0.05, 0) is 24.3 Å². The summed E-state index contributed by atoms with van der Waals surface area (Å²) in [6, 6.07) is 15.8. The molecule has 112 valence electrons. The van der Waals surface area contributed by atoms with Crippen LogP contribution in [0, 0.1) is 0 Å². The van der Waals surface area contributed by atoms with Crippen molar-refractivity contribution in [3.05, 3.63) is 60.2 Å². The van der Waals surface area contributed by atoms with Crippen LogP contribution in [0.4, 0.5) is 0 Å². The highest BCUT2D eigenvalue weighted by molar-refractivity contribution is 5.89. The number of carboxylic acid groups (broad SMARTS) is 1. The summed E-state index contributed by atoms with van der Waals surface area (Å²) in [6.07, 6.45) is 0. The molecule has 5 nitrogen and oxygen atoms in total. The highest BCUT2D eigenvalue weighted by atomic mass is 16.5. The fourth-order valence-electron chi connectivity index (χ4n) is 1.83. The summed E-state index contributed by atoms with van der Waals surface area (Å²) in [7, 11) is 0. The van der Waals surface area contributed by atoms with E-state index in [4.69, 9.17) is 9.63 Å². The van der Waals surface area contributed by atoms with Crippen LogP contribution >= 0.6 is 0 Å². The molecule has 0 fully saturated rings. The number of benzene rings is 2. The molecule has 3 aromatic rings. The zero-order valence-corrected chi connectivity index (χ0v) is 12.4. The zero-order chi connectivity index (χ0) is 15.9. The summed E-state index contributed by atoms with van der Waals surface area (Å²) in [6.45, 7) is 4.00. The zero-order valence-electron chi connectivity index (χ0n) is 12.4. The first-order valence-corrected chi connectivity index (χ1v) is 6.97. The maximum Gasteiger partial charge on any atom is 0.335 e. The number of carboxylic acids is 1. The summed E-state index contributed by atoms with van der Waals surface area (Å²) in [4.78, 5) is 15.2. The Hall–Kier alpha value is -2.95. The third-order valence-corrected chi connectivity index (χ3v) is 2.81. The fraction of sp³-hybridized carbons (Fsp3) is 0.118. The Labute approximate surface area is 128 Å². The first kappa shape index (κ1) is 15.4. The molecule has 2 aromatic carbocycles. The highest BCUT2D eigenvalue weighted by Gasteiger charge is 2.12. The maximum absolute atomic E-state index is 10.9. The quantitative estimate of drug-likeness (QED) is 0.786. The molecular weight excluding hydrogens is 280 g/mol. The summed E-state index contributed by atoms with van der Waals surface area (Å²) < 4.78 is 5.20. The normalized spacial score (nSPS) is 9.73. The van der Waals surface area contributed by atoms with Crippen molar-refractivity contribution < 1.29 is 14.4 Å². The van der Waals surface area contributed by atoms with Gasteiger partial charge in [0.05, 0.1) is 5.56 Å². The number of nitrogens with zero attached hydrogens (tertiary/aromatic N) is 2. The molecule has 0 aliphatic rings. The number of carbonyl (C=O) groups is 1. The topological polar surface area (TPSA) is 76.2 Å². The van der Waals surface area contributed by atoms with E-state index >= 15 is 0 Å². The molecule has 3 rings (SSSR count). The van der Waals surface area contributed by atoms with Crippen LogP contribution < -0.4 is 0 Å². The summed E-state index contributed by atoms with van der Waals surface area (Å²) in [5.74, 6) is -0.216. The predicted octanol–water partition coefficient (Wildman–Crippen LogP) is 4.13. The lowest BCUT2D eigenvalue weighted by Gasteiger charge is -1.96. The van der Waals surface area contributed by atoms with Crippen molar-refractivity contribution in [2.45, 2.75) is 13.8 Å². The Bertz CT molecular complexity index is 751. The number of rotatable bonds is 3. The van der Waals surface area contributed by atoms with Crippen LogP contribution in [0.15, 0.2) is 59.1 Å². The summed E-state index contributed by atoms with van der Waals surface area (Å²) in [5.41, 5.74) is 1.62. The first-order valence-electron chi connectivity index (χ1n) is 6.97. The van der Waals surface area contributed by atoms with Crippen LogP contribution in [0.5, 0.6) is 0 Å². The second-order valence-corrected chi connectivity index (χ2v) is 4.18. The van der Waals surface area contributed by atoms with Crippen LogP contribution in [0.2, 0.25) is 0 Å². The average molecular weight is 296 g/mol. The minimum atomic E-state index is -0.987. The molecule has 1 N–H and O–H groups in total. The van der Waals surface area contributed by atoms with Crippen LogP contribution in [0.3, 0.4) is 0 Å². The van der Waals surface area contributed by atoms with Gasteiger partial charge in [-0.1, -0.05) is 49.3 Å². The number of aromatic nitrogens is 2. The average Bonchev–Trinajstić information content (AvgIpc) is 3.08. The lowest BCUT2D eigenvalue weighted by Crippen LogP contribution is -1.96. The van der Waals surface area contributed by atoms with Crippen molar-refractivity contribution >= 4 is 5.97 Å². The SMILES string of the molecule is CC.O=C(O)c1cccc(-c2noc(-c3ccccc3)n2)c1. The number of hydrogen-bond donors (Lipinski definition) is 1. The van der Waals surface area contributed by atoms with Crippen LogP contribution in [-0.4, -0.2) is 21.2 Å². The molecule has 0 unspecified atom stereocenters. The monoisotopic (exact) mass is 296 g/mol. The van der Waals surface area contributed by atoms with Gasteiger partial charge in [0.2, 0.25) is 5.82 Å². The van der Waals surface area contributed by atoms with Gasteiger partial charge in [-0.15, -0.1) is 0 Å². The van der Waals surface area contributed by atoms with Gasteiger partial charge in [-0.2, -0.15) is 4.98 Å². The molecule has 0 saturated heterocycles. The van der Waals surface area contributed by atoms with Crippen molar-refractivity contribution in [1.29, 1.82) is 0 Å². The molecule has 22 heavy (non-hydrogen) atoms. The molecule has 5 heteroatoms. The molecular formula is C17H16N2O3. The molecule has 0 aliphatic carbocycles. The predicted molar refractivity (Wildman–Crippen MR) is 83.5 cm³/mol. The van der Waals surface area contributed by atoms with Gasteiger partial charge >= 0.3 is 5.97 Å². The molecule has 1 aromatic heterocycles. The van der Waals surface area contributed by atoms with Gasteiger partial charge in [0.25, 0.3) is 5.89 Å². The first-order chi connectivity index (χ1) is 10.7. The Morgan fingerprint density at radius 3 is 2.36 bits per heavy atom. The van der Waals surface area contributed by atoms with E-state index in [1.165, 1.54) is 12.1 Å². The van der Waals surface area contributed by atoms with E-state index < -0.39 is 5.97 Å². The summed E-state index contributed by atoms with van der Waals surface area (Å²) >= 11 is 0. The summed E-state index contributed by atoms with van der Waals surface area (Å²) in [5, 5.41) is 12.9. The second-order valence-electron chi connectivity index (χ2n) is 4.18. The van der Waals surface area contributed by atoms with Gasteiger partial charge in [0, 0.05) is 11.1 Å².